The molecule has 2 aromatic heterocycles. The quantitative estimate of drug-likeness (QED) is 0.430. The Kier molecular flexibility index (Phi) is 5.66. The van der Waals surface area contributed by atoms with Crippen LogP contribution in [0.3, 0.4) is 0 Å². The molecule has 1 aliphatic rings. The van der Waals surface area contributed by atoms with E-state index < -0.39 is 76.0 Å². The van der Waals surface area contributed by atoms with Gasteiger partial charge in [-0.1, -0.05) is 18.2 Å². The molecule has 14 heteroatoms. The van der Waals surface area contributed by atoms with E-state index >= 15 is 0 Å². The number of anilines is 1. The fraction of sp³-hybridized carbons (Fsp3) is 0.238. The first-order valence-corrected chi connectivity index (χ1v) is 9.74. The Hall–Kier alpha value is -3.81. The number of rotatable bonds is 0. The van der Waals surface area contributed by atoms with Gasteiger partial charge >= 0.3 is 12.4 Å². The predicted octanol–water partition coefficient (Wildman–Crippen LogP) is 4.66. The number of halogens is 7. The third kappa shape index (κ3) is 4.13. The van der Waals surface area contributed by atoms with Gasteiger partial charge in [-0.3, -0.25) is 4.79 Å². The topological polar surface area (TPSA) is 115 Å². The van der Waals surface area contributed by atoms with Crippen LogP contribution in [-0.4, -0.2) is 32.2 Å². The average molecular weight is 502 g/mol. The van der Waals surface area contributed by atoms with Crippen molar-refractivity contribution in [2.45, 2.75) is 30.8 Å². The molecule has 0 amide bonds. The number of nitrogen functional groups attached to an aromatic ring is 1. The molecular weight excluding hydrogens is 489 g/mol. The summed E-state index contributed by atoms with van der Waals surface area (Å²) < 4.78 is 102. The van der Waals surface area contributed by atoms with Crippen molar-refractivity contribution in [3.8, 4) is 11.6 Å². The van der Waals surface area contributed by atoms with Crippen molar-refractivity contribution in [2.75, 3.05) is 5.73 Å². The lowest BCUT2D eigenvalue weighted by Gasteiger charge is -2.28. The molecule has 0 spiro atoms. The molecule has 3 N–H and O–H groups in total. The summed E-state index contributed by atoms with van der Waals surface area (Å²) in [5.41, 5.74) is -3.77. The maximum absolute atomic E-state index is 14.5. The monoisotopic (exact) mass is 502 g/mol. The van der Waals surface area contributed by atoms with Crippen LogP contribution >= 0.6 is 0 Å². The van der Waals surface area contributed by atoms with Gasteiger partial charge in [-0.05, 0) is 30.2 Å². The highest BCUT2D eigenvalue weighted by molar-refractivity contribution is 5.97. The first-order valence-electron chi connectivity index (χ1n) is 9.74. The number of aromatic nitrogens is 3. The Morgan fingerprint density at radius 3 is 2.43 bits per heavy atom. The summed E-state index contributed by atoms with van der Waals surface area (Å²) in [4.78, 5) is 16.1. The number of fused-ring (bicyclic) bond motifs is 7. The minimum absolute atomic E-state index is 0.00922. The summed E-state index contributed by atoms with van der Waals surface area (Å²) in [6, 6.07) is 2.83. The Morgan fingerprint density at radius 1 is 1.06 bits per heavy atom. The van der Waals surface area contributed by atoms with Crippen LogP contribution in [0.4, 0.5) is 36.4 Å². The van der Waals surface area contributed by atoms with Crippen molar-refractivity contribution in [1.82, 2.24) is 15.2 Å². The lowest BCUT2D eigenvalue weighted by atomic mass is 9.90. The number of hydrogen-bond donors (Lipinski definition) is 2. The van der Waals surface area contributed by atoms with Crippen molar-refractivity contribution in [3.05, 3.63) is 64.4 Å². The molecule has 1 atom stereocenters. The van der Waals surface area contributed by atoms with E-state index in [0.29, 0.717) is 18.2 Å². The van der Waals surface area contributed by atoms with Crippen LogP contribution < -0.4 is 5.73 Å². The second-order valence-electron chi connectivity index (χ2n) is 7.54. The van der Waals surface area contributed by atoms with E-state index in [1.807, 2.05) is 0 Å². The van der Waals surface area contributed by atoms with Crippen LogP contribution in [0.1, 0.15) is 45.9 Å². The number of aliphatic hydroxyl groups is 1. The molecule has 0 fully saturated rings. The summed E-state index contributed by atoms with van der Waals surface area (Å²) in [6.07, 6.45) is -8.69. The van der Waals surface area contributed by atoms with E-state index in [1.165, 1.54) is 12.2 Å². The summed E-state index contributed by atoms with van der Waals surface area (Å²) >= 11 is 0. The zero-order valence-corrected chi connectivity index (χ0v) is 17.2. The van der Waals surface area contributed by atoms with Gasteiger partial charge in [0.25, 0.3) is 17.4 Å². The molecule has 3 heterocycles. The molecule has 3 aromatic rings. The van der Waals surface area contributed by atoms with Crippen LogP contribution in [0.25, 0.3) is 17.7 Å². The highest BCUT2D eigenvalue weighted by Crippen LogP contribution is 2.46. The Balaban J connectivity index is 2.03. The Bertz CT molecular complexity index is 1350. The minimum Gasteiger partial charge on any atom is -0.415 e. The highest BCUT2D eigenvalue weighted by Gasteiger charge is 2.61. The maximum Gasteiger partial charge on any atom is 0.430 e. The second kappa shape index (κ2) is 8.15. The van der Waals surface area contributed by atoms with Gasteiger partial charge in [0.2, 0.25) is 0 Å². The number of Topliss-reactive ketones (excluding diaryl/α,β-unsaturated/α-hetero) is 1. The van der Waals surface area contributed by atoms with Gasteiger partial charge in [0.05, 0.1) is 11.3 Å². The molecule has 1 aromatic carbocycles. The van der Waals surface area contributed by atoms with Crippen molar-refractivity contribution < 1.29 is 45.1 Å². The molecule has 35 heavy (non-hydrogen) atoms. The van der Waals surface area contributed by atoms with Crippen LogP contribution in [0.15, 0.2) is 34.8 Å². The number of allylic oxidation sites excluding steroid dienone is 1. The number of alkyl halides is 6. The van der Waals surface area contributed by atoms with E-state index in [9.17, 15) is 40.6 Å². The van der Waals surface area contributed by atoms with Gasteiger partial charge in [-0.25, -0.2) is 9.37 Å². The molecular formula is C21H13F7N4O3. The number of carbonyl (C=O) groups excluding carboxylic acids is 1. The molecule has 1 aliphatic heterocycles. The number of nitrogens with zero attached hydrogens (tertiary/aromatic N) is 3. The molecule has 0 saturated heterocycles. The summed E-state index contributed by atoms with van der Waals surface area (Å²) in [5.74, 6) is -4.95. The lowest BCUT2D eigenvalue weighted by Crippen LogP contribution is -2.44. The molecule has 1 unspecified atom stereocenters. The Morgan fingerprint density at radius 2 is 1.77 bits per heavy atom. The van der Waals surface area contributed by atoms with Gasteiger partial charge < -0.3 is 15.3 Å². The van der Waals surface area contributed by atoms with Crippen LogP contribution in [0.2, 0.25) is 0 Å². The van der Waals surface area contributed by atoms with Gasteiger partial charge in [0.1, 0.15) is 11.5 Å². The number of carbonyl (C=O) groups is 1. The maximum atomic E-state index is 14.5. The van der Waals surface area contributed by atoms with Crippen molar-refractivity contribution >= 4 is 17.5 Å². The third-order valence-electron chi connectivity index (χ3n) is 5.20. The van der Waals surface area contributed by atoms with Crippen molar-refractivity contribution in [3.63, 3.8) is 0 Å². The van der Waals surface area contributed by atoms with E-state index in [1.54, 1.807) is 0 Å². The number of hydrogen-bond acceptors (Lipinski definition) is 7. The minimum atomic E-state index is -5.58. The first-order chi connectivity index (χ1) is 16.2. The molecule has 0 radical (unpaired) electrons. The summed E-state index contributed by atoms with van der Waals surface area (Å²) in [5, 5.41) is 17.1. The molecule has 0 aliphatic carbocycles. The molecule has 7 nitrogen and oxygen atoms in total. The van der Waals surface area contributed by atoms with Crippen LogP contribution in [-0.2, 0) is 11.8 Å². The highest BCUT2D eigenvalue weighted by atomic mass is 19.4. The smallest absolute Gasteiger partial charge is 0.415 e. The number of ketones is 1. The van der Waals surface area contributed by atoms with E-state index in [0.717, 1.165) is 6.07 Å². The van der Waals surface area contributed by atoms with E-state index in [4.69, 9.17) is 10.2 Å². The molecule has 6 bridgehead atoms. The molecule has 184 valence electrons. The van der Waals surface area contributed by atoms with Crippen molar-refractivity contribution in [1.29, 1.82) is 0 Å². The standard InChI is InChI=1S/C21H13F7N4O3/c22-12-6-5-9-3-1-2-4-14(33)15-11(20(23,24)25)8-13(29)16(30-15)17-31-32-18(35-17)19(34,10(12)7-9)21(26,27)28/h1,3,5-8,34H,2,4,29H2/b3-1-. The average Bonchev–Trinajstić information content (AvgIpc) is 3.25. The lowest BCUT2D eigenvalue weighted by molar-refractivity contribution is -0.256. The van der Waals surface area contributed by atoms with Gasteiger partial charge in [0, 0.05) is 12.0 Å². The van der Waals surface area contributed by atoms with Gasteiger partial charge in [0.15, 0.2) is 11.5 Å². The van der Waals surface area contributed by atoms with Crippen LogP contribution in [0, 0.1) is 5.82 Å². The zero-order valence-electron chi connectivity index (χ0n) is 17.2. The largest absolute Gasteiger partial charge is 0.430 e. The number of benzene rings is 1. The summed E-state index contributed by atoms with van der Waals surface area (Å²) in [6.45, 7) is 0. The fourth-order valence-corrected chi connectivity index (χ4v) is 3.46. The zero-order chi connectivity index (χ0) is 25.8. The SMILES string of the molecule is Nc1cc(C(F)(F)F)c2nc1-c1nnc(o1)C(O)(C(F)(F)F)c1cc(ccc1F)/C=C\CCC2=O. The fourth-order valence-electron chi connectivity index (χ4n) is 3.46. The van der Waals surface area contributed by atoms with Crippen molar-refractivity contribution in [2.24, 2.45) is 0 Å². The summed E-state index contributed by atoms with van der Waals surface area (Å²) in [7, 11) is 0. The van der Waals surface area contributed by atoms with E-state index in [2.05, 4.69) is 15.2 Å². The second-order valence-corrected chi connectivity index (χ2v) is 7.54. The first kappa shape index (κ1) is 24.3. The van der Waals surface area contributed by atoms with Gasteiger partial charge in [-0.15, -0.1) is 10.2 Å². The van der Waals surface area contributed by atoms with Crippen LogP contribution in [0.5, 0.6) is 0 Å². The predicted molar refractivity (Wildman–Crippen MR) is 105 cm³/mol. The number of nitrogens with two attached hydrogens (primary N) is 1. The normalized spacial score (nSPS) is 19.7. The number of pyridine rings is 1. The molecule has 0 saturated carbocycles. The Labute approximate surface area is 191 Å². The third-order valence-corrected chi connectivity index (χ3v) is 5.20. The van der Waals surface area contributed by atoms with E-state index in [-0.39, 0.29) is 12.0 Å². The molecule has 4 rings (SSSR count). The van der Waals surface area contributed by atoms with Gasteiger partial charge in [-0.2, -0.15) is 26.3 Å².